The molecule has 0 aromatic heterocycles. The molecule has 31 heavy (non-hydrogen) atoms. The average molecular weight is 433 g/mol. The fraction of sp³-hybridized carbons (Fsp3) is 1.00. The van der Waals surface area contributed by atoms with Crippen LogP contribution in [0, 0.1) is 58.2 Å². The second kappa shape index (κ2) is 8.94. The second-order valence-corrected chi connectivity index (χ2v) is 13.4. The monoisotopic (exact) mass is 432 g/mol. The van der Waals surface area contributed by atoms with Crippen LogP contribution in [0.2, 0.25) is 0 Å². The van der Waals surface area contributed by atoms with E-state index in [1.54, 1.807) is 0 Å². The van der Waals surface area contributed by atoms with Crippen LogP contribution in [-0.2, 0) is 0 Å². The van der Waals surface area contributed by atoms with E-state index in [9.17, 15) is 10.2 Å². The number of aliphatic hydroxyl groups excluding tert-OH is 2. The predicted octanol–water partition coefficient (Wildman–Crippen LogP) is 7.08. The topological polar surface area (TPSA) is 40.5 Å². The van der Waals surface area contributed by atoms with Crippen LogP contribution in [0.3, 0.4) is 0 Å². The minimum Gasteiger partial charge on any atom is -0.393 e. The van der Waals surface area contributed by atoms with Gasteiger partial charge in [0.2, 0.25) is 0 Å². The van der Waals surface area contributed by atoms with Crippen LogP contribution in [0.1, 0.15) is 112 Å². The molecule has 0 spiro atoms. The Labute approximate surface area is 193 Å². The van der Waals surface area contributed by atoms with Crippen molar-refractivity contribution >= 4 is 0 Å². The van der Waals surface area contributed by atoms with Gasteiger partial charge in [-0.3, -0.25) is 0 Å². The van der Waals surface area contributed by atoms with Crippen molar-refractivity contribution in [1.82, 2.24) is 0 Å². The van der Waals surface area contributed by atoms with E-state index in [0.717, 1.165) is 61.2 Å². The zero-order chi connectivity index (χ0) is 22.6. The molecule has 0 aromatic rings. The molecule has 2 nitrogen and oxygen atoms in total. The van der Waals surface area contributed by atoms with Crippen LogP contribution in [0.5, 0.6) is 0 Å². The van der Waals surface area contributed by atoms with Crippen molar-refractivity contribution in [2.24, 2.45) is 58.2 Å². The van der Waals surface area contributed by atoms with Gasteiger partial charge < -0.3 is 10.2 Å². The van der Waals surface area contributed by atoms with E-state index in [0.29, 0.717) is 17.3 Å². The number of fused-ring (bicyclic) bond motifs is 5. The van der Waals surface area contributed by atoms with Crippen LogP contribution in [0.4, 0.5) is 0 Å². The van der Waals surface area contributed by atoms with Gasteiger partial charge in [0.15, 0.2) is 0 Å². The lowest BCUT2D eigenvalue weighted by molar-refractivity contribution is -0.172. The van der Waals surface area contributed by atoms with E-state index in [1.165, 1.54) is 44.9 Å². The quantitative estimate of drug-likeness (QED) is 0.471. The molecule has 180 valence electrons. The van der Waals surface area contributed by atoms with Crippen LogP contribution in [-0.4, -0.2) is 22.4 Å². The Kier molecular flexibility index (Phi) is 6.93. The highest BCUT2D eigenvalue weighted by atomic mass is 16.3. The Bertz CT molecular complexity index is 616. The third-order valence-corrected chi connectivity index (χ3v) is 11.9. The number of rotatable bonds is 6. The molecule has 0 unspecified atom stereocenters. The highest BCUT2D eigenvalue weighted by Gasteiger charge is 2.62. The average Bonchev–Trinajstić information content (AvgIpc) is 3.07. The largest absolute Gasteiger partial charge is 0.393 e. The molecular weight excluding hydrogens is 380 g/mol. The zero-order valence-electron chi connectivity index (χ0n) is 21.4. The van der Waals surface area contributed by atoms with Gasteiger partial charge in [0.25, 0.3) is 0 Å². The van der Waals surface area contributed by atoms with Crippen molar-refractivity contribution in [2.75, 3.05) is 0 Å². The molecule has 0 radical (unpaired) electrons. The van der Waals surface area contributed by atoms with Crippen molar-refractivity contribution in [2.45, 2.75) is 124 Å². The highest BCUT2D eigenvalue weighted by molar-refractivity contribution is 5.11. The molecular formula is C29H52O2. The molecule has 4 fully saturated rings. The molecule has 0 amide bonds. The SMILES string of the molecule is CC[C@@H](CC[C@@H](C)[C@H]1CC[C@H]2[C@@H]3C[C@@H](O)[C@H]4C[C@H](O)CC[C@]4(C)[C@H]3CC[C@]12C)C(C)C. The maximum absolute atomic E-state index is 11.2. The van der Waals surface area contributed by atoms with E-state index in [-0.39, 0.29) is 17.6 Å². The third-order valence-electron chi connectivity index (χ3n) is 11.9. The summed E-state index contributed by atoms with van der Waals surface area (Å²) in [4.78, 5) is 0. The van der Waals surface area contributed by atoms with Gasteiger partial charge in [-0.15, -0.1) is 0 Å². The maximum atomic E-state index is 11.2. The molecule has 4 rings (SSSR count). The molecule has 4 aliphatic carbocycles. The minimum absolute atomic E-state index is 0.187. The first-order valence-corrected chi connectivity index (χ1v) is 14.0. The Morgan fingerprint density at radius 3 is 2.16 bits per heavy atom. The van der Waals surface area contributed by atoms with Gasteiger partial charge in [-0.05, 0) is 116 Å². The van der Waals surface area contributed by atoms with Crippen LogP contribution in [0.25, 0.3) is 0 Å². The molecule has 11 atom stereocenters. The maximum Gasteiger partial charge on any atom is 0.0577 e. The molecule has 0 bridgehead atoms. The predicted molar refractivity (Wildman–Crippen MR) is 130 cm³/mol. The summed E-state index contributed by atoms with van der Waals surface area (Å²) in [6.07, 6.45) is 13.2. The number of hydrogen-bond donors (Lipinski definition) is 2. The molecule has 2 heteroatoms. The van der Waals surface area contributed by atoms with E-state index in [1.807, 2.05) is 0 Å². The number of hydrogen-bond acceptors (Lipinski definition) is 2. The first-order chi connectivity index (χ1) is 14.6. The first kappa shape index (κ1) is 24.1. The lowest BCUT2D eigenvalue weighted by atomic mass is 9.43. The summed E-state index contributed by atoms with van der Waals surface area (Å²) in [7, 11) is 0. The Hall–Kier alpha value is -0.0800. The number of aliphatic hydroxyl groups is 2. The van der Waals surface area contributed by atoms with Crippen molar-refractivity contribution in [3.05, 3.63) is 0 Å². The smallest absolute Gasteiger partial charge is 0.0577 e. The second-order valence-electron chi connectivity index (χ2n) is 13.4. The molecule has 0 heterocycles. The zero-order valence-corrected chi connectivity index (χ0v) is 21.4. The van der Waals surface area contributed by atoms with Gasteiger partial charge in [-0.1, -0.05) is 54.4 Å². The van der Waals surface area contributed by atoms with E-state index in [2.05, 4.69) is 41.5 Å². The van der Waals surface area contributed by atoms with Gasteiger partial charge in [0.05, 0.1) is 12.2 Å². The van der Waals surface area contributed by atoms with Crippen molar-refractivity contribution < 1.29 is 10.2 Å². The molecule has 0 aromatic carbocycles. The Balaban J connectivity index is 1.48. The lowest BCUT2D eigenvalue weighted by Gasteiger charge is -2.62. The summed E-state index contributed by atoms with van der Waals surface area (Å²) in [6.45, 7) is 14.9. The fourth-order valence-electron chi connectivity index (χ4n) is 9.94. The summed E-state index contributed by atoms with van der Waals surface area (Å²) in [6, 6.07) is 0. The summed E-state index contributed by atoms with van der Waals surface area (Å²) >= 11 is 0. The molecule has 2 N–H and O–H groups in total. The van der Waals surface area contributed by atoms with Crippen LogP contribution < -0.4 is 0 Å². The normalized spacial score (nSPS) is 49.3. The summed E-state index contributed by atoms with van der Waals surface area (Å²) in [5.74, 6) is 6.01. The van der Waals surface area contributed by atoms with Crippen molar-refractivity contribution in [3.8, 4) is 0 Å². The third kappa shape index (κ3) is 4.05. The van der Waals surface area contributed by atoms with Gasteiger partial charge >= 0.3 is 0 Å². The van der Waals surface area contributed by atoms with E-state index >= 15 is 0 Å². The van der Waals surface area contributed by atoms with Gasteiger partial charge in [0, 0.05) is 0 Å². The Morgan fingerprint density at radius 1 is 0.806 bits per heavy atom. The van der Waals surface area contributed by atoms with Crippen LogP contribution >= 0.6 is 0 Å². The van der Waals surface area contributed by atoms with Gasteiger partial charge in [-0.2, -0.15) is 0 Å². The molecule has 0 aliphatic heterocycles. The van der Waals surface area contributed by atoms with E-state index in [4.69, 9.17) is 0 Å². The fourth-order valence-corrected chi connectivity index (χ4v) is 9.94. The van der Waals surface area contributed by atoms with Gasteiger partial charge in [-0.25, -0.2) is 0 Å². The summed E-state index contributed by atoms with van der Waals surface area (Å²) < 4.78 is 0. The molecule has 4 aliphatic rings. The summed E-state index contributed by atoms with van der Waals surface area (Å²) in [5, 5.41) is 21.5. The first-order valence-electron chi connectivity index (χ1n) is 14.0. The molecule has 0 saturated heterocycles. The van der Waals surface area contributed by atoms with Crippen molar-refractivity contribution in [1.29, 1.82) is 0 Å². The van der Waals surface area contributed by atoms with Crippen molar-refractivity contribution in [3.63, 3.8) is 0 Å². The standard InChI is InChI=1S/C29H52O2/c1-7-20(18(2)3)9-8-19(4)23-10-11-24-22-17-27(31)26-16-21(30)12-14-29(26,6)25(22)13-15-28(23,24)5/h18-27,30-31H,7-17H2,1-6H3/t19-,20+,21-,22+,23-,24+,25+,26-,27-,28-,29-/m1/s1. The Morgan fingerprint density at radius 2 is 1.48 bits per heavy atom. The van der Waals surface area contributed by atoms with E-state index < -0.39 is 0 Å². The van der Waals surface area contributed by atoms with Gasteiger partial charge in [0.1, 0.15) is 0 Å². The van der Waals surface area contributed by atoms with Crippen LogP contribution in [0.15, 0.2) is 0 Å². The molecule has 4 saturated carbocycles. The highest BCUT2D eigenvalue weighted by Crippen LogP contribution is 2.68. The summed E-state index contributed by atoms with van der Waals surface area (Å²) in [5.41, 5.74) is 0.732. The minimum atomic E-state index is -0.198. The lowest BCUT2D eigenvalue weighted by Crippen LogP contribution is -2.58.